The van der Waals surface area contributed by atoms with Crippen molar-refractivity contribution >= 4 is 34.6 Å². The third kappa shape index (κ3) is 4.29. The first-order chi connectivity index (χ1) is 12.5. The maximum atomic E-state index is 12.9. The molecule has 0 aliphatic rings. The molecule has 0 radical (unpaired) electrons. The number of aromatic nitrogens is 1. The topological polar surface area (TPSA) is 63.2 Å². The summed E-state index contributed by atoms with van der Waals surface area (Å²) in [4.78, 5) is 16.5. The van der Waals surface area contributed by atoms with Gasteiger partial charge in [-0.2, -0.15) is 0 Å². The molecule has 1 aromatic heterocycles. The van der Waals surface area contributed by atoms with Crippen molar-refractivity contribution in [3.63, 3.8) is 0 Å². The Hall–Kier alpha value is -3.12. The highest BCUT2D eigenvalue weighted by atomic mass is 35.5. The quantitative estimate of drug-likeness (QED) is 0.671. The zero-order valence-corrected chi connectivity index (χ0v) is 14.5. The van der Waals surface area contributed by atoms with E-state index in [1.54, 1.807) is 42.5 Å². The van der Waals surface area contributed by atoms with Crippen molar-refractivity contribution in [1.29, 1.82) is 0 Å². The number of benzene rings is 2. The van der Waals surface area contributed by atoms with E-state index in [1.807, 2.05) is 0 Å². The van der Waals surface area contributed by atoms with Crippen LogP contribution in [0, 0.1) is 5.82 Å². The summed E-state index contributed by atoms with van der Waals surface area (Å²) in [7, 11) is 1.51. The van der Waals surface area contributed by atoms with E-state index in [0.717, 1.165) is 0 Å². The summed E-state index contributed by atoms with van der Waals surface area (Å²) in [6, 6.07) is 14.2. The summed E-state index contributed by atoms with van der Waals surface area (Å²) in [5.74, 6) is -0.201. The Morgan fingerprint density at radius 2 is 1.81 bits per heavy atom. The van der Waals surface area contributed by atoms with Crippen molar-refractivity contribution in [1.82, 2.24) is 4.98 Å². The Labute approximate surface area is 154 Å². The van der Waals surface area contributed by atoms with E-state index in [0.29, 0.717) is 27.8 Å². The number of carbonyl (C=O) groups is 1. The van der Waals surface area contributed by atoms with E-state index in [2.05, 4.69) is 15.6 Å². The van der Waals surface area contributed by atoms with Crippen molar-refractivity contribution in [3.05, 3.63) is 77.3 Å². The fraction of sp³-hybridized carbons (Fsp3) is 0.0526. The van der Waals surface area contributed by atoms with Crippen LogP contribution in [0.25, 0.3) is 0 Å². The number of hydrogen-bond donors (Lipinski definition) is 2. The van der Waals surface area contributed by atoms with Crippen molar-refractivity contribution in [3.8, 4) is 5.75 Å². The molecule has 2 aromatic carbocycles. The smallest absolute Gasteiger partial charge is 0.274 e. The Bertz CT molecular complexity index is 915. The number of amides is 1. The van der Waals surface area contributed by atoms with Gasteiger partial charge in [0, 0.05) is 10.7 Å². The summed E-state index contributed by atoms with van der Waals surface area (Å²) in [6.45, 7) is 0. The SMILES string of the molecule is COc1ccc(Cl)cc1NC(=O)c1ccc(Nc2ccc(F)cc2)cn1. The highest BCUT2D eigenvalue weighted by molar-refractivity contribution is 6.31. The lowest BCUT2D eigenvalue weighted by atomic mass is 10.2. The van der Waals surface area contributed by atoms with Gasteiger partial charge in [-0.25, -0.2) is 9.37 Å². The number of carbonyl (C=O) groups excluding carboxylic acids is 1. The number of anilines is 3. The number of rotatable bonds is 5. The zero-order valence-electron chi connectivity index (χ0n) is 13.8. The number of methoxy groups -OCH3 is 1. The van der Waals surface area contributed by atoms with Crippen molar-refractivity contribution in [2.75, 3.05) is 17.7 Å². The lowest BCUT2D eigenvalue weighted by Crippen LogP contribution is -2.14. The minimum atomic E-state index is -0.390. The number of nitrogens with one attached hydrogen (secondary N) is 2. The normalized spacial score (nSPS) is 10.3. The molecule has 2 N–H and O–H groups in total. The molecule has 0 fully saturated rings. The zero-order chi connectivity index (χ0) is 18.5. The molecule has 132 valence electrons. The van der Waals surface area contributed by atoms with Crippen LogP contribution in [0.4, 0.5) is 21.5 Å². The minimum absolute atomic E-state index is 0.233. The summed E-state index contributed by atoms with van der Waals surface area (Å²) in [6.07, 6.45) is 1.52. The number of halogens is 2. The Morgan fingerprint density at radius 3 is 2.46 bits per heavy atom. The summed E-state index contributed by atoms with van der Waals surface area (Å²) < 4.78 is 18.1. The van der Waals surface area contributed by atoms with E-state index in [-0.39, 0.29) is 17.4 Å². The summed E-state index contributed by atoms with van der Waals surface area (Å²) in [5.41, 5.74) is 2.08. The largest absolute Gasteiger partial charge is 0.495 e. The first kappa shape index (κ1) is 17.7. The Balaban J connectivity index is 1.71. The second-order valence-electron chi connectivity index (χ2n) is 5.36. The second kappa shape index (κ2) is 7.84. The summed E-state index contributed by atoms with van der Waals surface area (Å²) >= 11 is 5.96. The fourth-order valence-electron chi connectivity index (χ4n) is 2.27. The number of pyridine rings is 1. The maximum absolute atomic E-state index is 12.9. The van der Waals surface area contributed by atoms with Crippen LogP contribution in [-0.4, -0.2) is 18.0 Å². The van der Waals surface area contributed by atoms with Crippen LogP contribution in [0.3, 0.4) is 0 Å². The standard InChI is InChI=1S/C19H15ClFN3O2/c1-26-18-9-2-12(20)10-17(18)24-19(25)16-8-7-15(11-22-16)23-14-5-3-13(21)4-6-14/h2-11,23H,1H3,(H,24,25). The highest BCUT2D eigenvalue weighted by Crippen LogP contribution is 2.28. The molecule has 1 amide bonds. The molecule has 0 spiro atoms. The van der Waals surface area contributed by atoms with E-state index in [4.69, 9.17) is 16.3 Å². The predicted molar refractivity (Wildman–Crippen MR) is 99.9 cm³/mol. The lowest BCUT2D eigenvalue weighted by Gasteiger charge is -2.11. The molecule has 0 unspecified atom stereocenters. The van der Waals surface area contributed by atoms with Gasteiger partial charge in [-0.1, -0.05) is 11.6 Å². The van der Waals surface area contributed by atoms with Crippen LogP contribution in [0.5, 0.6) is 5.75 Å². The Morgan fingerprint density at radius 1 is 1.08 bits per heavy atom. The molecule has 0 saturated heterocycles. The van der Waals surface area contributed by atoms with Crippen LogP contribution < -0.4 is 15.4 Å². The van der Waals surface area contributed by atoms with Crippen molar-refractivity contribution < 1.29 is 13.9 Å². The fourth-order valence-corrected chi connectivity index (χ4v) is 2.44. The van der Waals surface area contributed by atoms with Gasteiger partial charge in [0.2, 0.25) is 0 Å². The molecule has 3 aromatic rings. The average molecular weight is 372 g/mol. The van der Waals surface area contributed by atoms with Crippen LogP contribution in [0.1, 0.15) is 10.5 Å². The highest BCUT2D eigenvalue weighted by Gasteiger charge is 2.11. The van der Waals surface area contributed by atoms with Gasteiger partial charge in [0.1, 0.15) is 17.3 Å². The van der Waals surface area contributed by atoms with E-state index in [1.165, 1.54) is 25.4 Å². The van der Waals surface area contributed by atoms with Crippen LogP contribution in [0.15, 0.2) is 60.8 Å². The van der Waals surface area contributed by atoms with Gasteiger partial charge in [-0.3, -0.25) is 4.79 Å². The summed E-state index contributed by atoms with van der Waals surface area (Å²) in [5, 5.41) is 6.27. The molecule has 1 heterocycles. The van der Waals surface area contributed by atoms with Gasteiger partial charge >= 0.3 is 0 Å². The number of nitrogens with zero attached hydrogens (tertiary/aromatic N) is 1. The third-order valence-corrected chi connectivity index (χ3v) is 3.77. The van der Waals surface area contributed by atoms with Gasteiger partial charge in [0.25, 0.3) is 5.91 Å². The molecule has 7 heteroatoms. The van der Waals surface area contributed by atoms with Gasteiger partial charge in [-0.05, 0) is 54.6 Å². The van der Waals surface area contributed by atoms with Crippen LogP contribution in [0.2, 0.25) is 5.02 Å². The predicted octanol–water partition coefficient (Wildman–Crippen LogP) is 4.88. The molecule has 0 aliphatic heterocycles. The molecule has 0 saturated carbocycles. The average Bonchev–Trinajstić information content (AvgIpc) is 2.64. The van der Waals surface area contributed by atoms with Gasteiger partial charge < -0.3 is 15.4 Å². The molecule has 0 aliphatic carbocycles. The van der Waals surface area contributed by atoms with E-state index < -0.39 is 0 Å². The van der Waals surface area contributed by atoms with Crippen molar-refractivity contribution in [2.45, 2.75) is 0 Å². The maximum Gasteiger partial charge on any atom is 0.274 e. The van der Waals surface area contributed by atoms with Gasteiger partial charge in [-0.15, -0.1) is 0 Å². The first-order valence-electron chi connectivity index (χ1n) is 7.69. The molecule has 0 atom stereocenters. The number of ether oxygens (including phenoxy) is 1. The molecular formula is C19H15ClFN3O2. The van der Waals surface area contributed by atoms with E-state index in [9.17, 15) is 9.18 Å². The monoisotopic (exact) mass is 371 g/mol. The lowest BCUT2D eigenvalue weighted by molar-refractivity contribution is 0.102. The third-order valence-electron chi connectivity index (χ3n) is 3.54. The second-order valence-corrected chi connectivity index (χ2v) is 5.80. The van der Waals surface area contributed by atoms with Crippen LogP contribution in [-0.2, 0) is 0 Å². The van der Waals surface area contributed by atoms with E-state index >= 15 is 0 Å². The van der Waals surface area contributed by atoms with Gasteiger partial charge in [0.05, 0.1) is 24.7 Å². The molecule has 3 rings (SSSR count). The van der Waals surface area contributed by atoms with Crippen molar-refractivity contribution in [2.24, 2.45) is 0 Å². The molecule has 0 bridgehead atoms. The number of hydrogen-bond acceptors (Lipinski definition) is 4. The first-order valence-corrected chi connectivity index (χ1v) is 8.06. The molecule has 5 nitrogen and oxygen atoms in total. The Kier molecular flexibility index (Phi) is 5.34. The molecule has 26 heavy (non-hydrogen) atoms. The van der Waals surface area contributed by atoms with Gasteiger partial charge in [0.15, 0.2) is 0 Å². The minimum Gasteiger partial charge on any atom is -0.495 e. The molecular weight excluding hydrogens is 357 g/mol. The van der Waals surface area contributed by atoms with Crippen LogP contribution >= 0.6 is 11.6 Å².